The Kier molecular flexibility index (Phi) is 2.60. The minimum Gasteiger partial charge on any atom is -0.504 e. The van der Waals surface area contributed by atoms with Gasteiger partial charge in [-0.3, -0.25) is 4.90 Å². The number of benzene rings is 1. The van der Waals surface area contributed by atoms with E-state index < -0.39 is 5.60 Å². The van der Waals surface area contributed by atoms with Crippen LogP contribution < -0.4 is 4.74 Å². The van der Waals surface area contributed by atoms with E-state index in [9.17, 15) is 10.2 Å². The van der Waals surface area contributed by atoms with Crippen molar-refractivity contribution in [2.75, 3.05) is 13.1 Å². The van der Waals surface area contributed by atoms with E-state index in [0.717, 1.165) is 44.6 Å². The van der Waals surface area contributed by atoms with Crippen LogP contribution in [0.1, 0.15) is 56.6 Å². The van der Waals surface area contributed by atoms with Gasteiger partial charge in [-0.15, -0.1) is 0 Å². The van der Waals surface area contributed by atoms with Gasteiger partial charge in [0, 0.05) is 29.0 Å². The van der Waals surface area contributed by atoms with Crippen molar-refractivity contribution in [3.63, 3.8) is 0 Å². The zero-order chi connectivity index (χ0) is 18.2. The monoisotopic (exact) mass is 367 g/mol. The normalized spacial score (nSPS) is 49.0. The lowest BCUT2D eigenvalue weighted by Gasteiger charge is -2.73. The zero-order valence-corrected chi connectivity index (χ0v) is 16.1. The van der Waals surface area contributed by atoms with Crippen LogP contribution in [-0.4, -0.2) is 45.9 Å². The average Bonchev–Trinajstić information content (AvgIpc) is 3.38. The molecule has 4 saturated carbocycles. The molecule has 2 N–H and O–H groups in total. The van der Waals surface area contributed by atoms with Crippen molar-refractivity contribution >= 4 is 0 Å². The topological polar surface area (TPSA) is 52.9 Å². The number of piperidine rings is 1. The van der Waals surface area contributed by atoms with Crippen LogP contribution in [0.4, 0.5) is 0 Å². The molecule has 4 nitrogen and oxygen atoms in total. The van der Waals surface area contributed by atoms with Crippen LogP contribution >= 0.6 is 0 Å². The Hall–Kier alpha value is -1.26. The number of hydrogen-bond acceptors (Lipinski definition) is 4. The van der Waals surface area contributed by atoms with Crippen molar-refractivity contribution < 1.29 is 14.9 Å². The molecule has 7 aliphatic rings. The van der Waals surface area contributed by atoms with Crippen LogP contribution in [0.25, 0.3) is 0 Å². The number of phenols is 1. The molecular weight excluding hydrogens is 338 g/mol. The second-order valence-corrected chi connectivity index (χ2v) is 10.6. The summed E-state index contributed by atoms with van der Waals surface area (Å²) < 4.78 is 6.52. The maximum atomic E-state index is 11.8. The number of aromatic hydroxyl groups is 1. The predicted octanol–water partition coefficient (Wildman–Crippen LogP) is 2.98. The van der Waals surface area contributed by atoms with E-state index in [1.54, 1.807) is 0 Å². The van der Waals surface area contributed by atoms with Crippen LogP contribution in [0.5, 0.6) is 11.5 Å². The summed E-state index contributed by atoms with van der Waals surface area (Å²) >= 11 is 0. The van der Waals surface area contributed by atoms with Gasteiger partial charge in [-0.05, 0) is 75.0 Å². The smallest absolute Gasteiger partial charge is 0.165 e. The Morgan fingerprint density at radius 1 is 1.22 bits per heavy atom. The van der Waals surface area contributed by atoms with Crippen LogP contribution in [0.15, 0.2) is 12.1 Å². The number of aliphatic hydroxyl groups is 1. The van der Waals surface area contributed by atoms with Gasteiger partial charge < -0.3 is 14.9 Å². The van der Waals surface area contributed by atoms with Crippen molar-refractivity contribution in [1.29, 1.82) is 0 Å². The highest BCUT2D eigenvalue weighted by molar-refractivity contribution is 5.63. The molecule has 5 aliphatic carbocycles. The molecule has 1 saturated heterocycles. The molecule has 2 aliphatic heterocycles. The molecule has 0 aromatic heterocycles. The summed E-state index contributed by atoms with van der Waals surface area (Å²) in [5.41, 5.74) is 1.98. The number of likely N-dealkylation sites (tertiary alicyclic amines) is 1. The van der Waals surface area contributed by atoms with E-state index >= 15 is 0 Å². The summed E-state index contributed by atoms with van der Waals surface area (Å²) in [6, 6.07) is 4.52. The average molecular weight is 367 g/mol. The number of hydrogen-bond donors (Lipinski definition) is 2. The summed E-state index contributed by atoms with van der Waals surface area (Å²) in [5, 5.41) is 22.4. The van der Waals surface area contributed by atoms with Gasteiger partial charge in [-0.2, -0.15) is 0 Å². The molecule has 1 aromatic rings. The molecule has 2 heterocycles. The first-order chi connectivity index (χ1) is 13.0. The van der Waals surface area contributed by atoms with E-state index in [4.69, 9.17) is 4.74 Å². The Labute approximate surface area is 160 Å². The molecule has 0 radical (unpaired) electrons. The lowest BCUT2D eigenvalue weighted by Crippen LogP contribution is -2.80. The fourth-order valence-corrected chi connectivity index (χ4v) is 8.38. The molecule has 4 bridgehead atoms. The number of phenolic OH excluding ortho intramolecular Hbond substituents is 1. The first-order valence-corrected chi connectivity index (χ1v) is 11.0. The Morgan fingerprint density at radius 3 is 2.85 bits per heavy atom. The Morgan fingerprint density at radius 2 is 2.07 bits per heavy atom. The number of fused-ring (bicyclic) bond motifs is 2. The number of nitrogens with zero attached hydrogens (tertiary/aromatic N) is 1. The third-order valence-corrected chi connectivity index (χ3v) is 9.67. The molecule has 144 valence electrons. The quantitative estimate of drug-likeness (QED) is 0.844. The Bertz CT molecular complexity index is 865. The van der Waals surface area contributed by atoms with E-state index in [2.05, 4.69) is 17.9 Å². The van der Waals surface area contributed by atoms with Gasteiger partial charge in [0.15, 0.2) is 11.5 Å². The molecule has 8 rings (SSSR count). The second kappa shape index (κ2) is 4.49. The van der Waals surface area contributed by atoms with Crippen molar-refractivity contribution in [3.8, 4) is 11.5 Å². The predicted molar refractivity (Wildman–Crippen MR) is 101 cm³/mol. The van der Waals surface area contributed by atoms with Gasteiger partial charge in [0.2, 0.25) is 0 Å². The van der Waals surface area contributed by atoms with Gasteiger partial charge >= 0.3 is 0 Å². The van der Waals surface area contributed by atoms with Gasteiger partial charge in [-0.25, -0.2) is 0 Å². The summed E-state index contributed by atoms with van der Waals surface area (Å²) in [4.78, 5) is 2.82. The first kappa shape index (κ1) is 15.6. The molecule has 3 unspecified atom stereocenters. The molecule has 1 aromatic carbocycles. The molecular formula is C23H29NO3. The zero-order valence-electron chi connectivity index (χ0n) is 16.1. The second-order valence-electron chi connectivity index (χ2n) is 10.6. The maximum absolute atomic E-state index is 11.8. The standard InChI is InChI=1S/C23H29NO3/c1-13-11-21-6-7-23(13,26)20-22(21)8-9-24(12-14-2-3-14)17(21)10-15-4-5-16(25)19(27-20)18(15)22/h4-5,13-14,17,20,25-26H,2-3,6-12H2,1H3/t13-,17?,20?,21+,22?,23+/m0/s1. The maximum Gasteiger partial charge on any atom is 0.165 e. The minimum absolute atomic E-state index is 0.0983. The highest BCUT2D eigenvalue weighted by Crippen LogP contribution is 2.76. The summed E-state index contributed by atoms with van der Waals surface area (Å²) in [6.07, 6.45) is 7.82. The highest BCUT2D eigenvalue weighted by atomic mass is 16.5. The van der Waals surface area contributed by atoms with E-state index in [-0.39, 0.29) is 28.6 Å². The third-order valence-electron chi connectivity index (χ3n) is 9.67. The van der Waals surface area contributed by atoms with Crippen LogP contribution in [-0.2, 0) is 11.8 Å². The van der Waals surface area contributed by atoms with Crippen LogP contribution in [0.3, 0.4) is 0 Å². The van der Waals surface area contributed by atoms with E-state index in [0.29, 0.717) is 11.8 Å². The van der Waals surface area contributed by atoms with E-state index in [1.807, 2.05) is 6.07 Å². The highest BCUT2D eigenvalue weighted by Gasteiger charge is 2.79. The number of ether oxygens (including phenoxy) is 1. The fourth-order valence-electron chi connectivity index (χ4n) is 8.38. The molecule has 0 amide bonds. The lowest BCUT2D eigenvalue weighted by molar-refractivity contribution is -0.265. The lowest BCUT2D eigenvalue weighted by atomic mass is 9.35. The SMILES string of the molecule is C[C@H]1C[C@@]23CC[C@]1(O)C1Oc4c(O)ccc5c4C12CCN(CC1CC1)C3C5. The first-order valence-electron chi connectivity index (χ1n) is 11.0. The van der Waals surface area contributed by atoms with Crippen molar-refractivity contribution in [1.82, 2.24) is 4.90 Å². The molecule has 4 heteroatoms. The van der Waals surface area contributed by atoms with Gasteiger partial charge in [0.25, 0.3) is 0 Å². The molecule has 2 spiro atoms. The van der Waals surface area contributed by atoms with Crippen molar-refractivity contribution in [2.45, 2.75) is 75.0 Å². The van der Waals surface area contributed by atoms with Crippen LogP contribution in [0, 0.1) is 17.3 Å². The molecule has 27 heavy (non-hydrogen) atoms. The number of rotatable bonds is 2. The molecule has 6 atom stereocenters. The summed E-state index contributed by atoms with van der Waals surface area (Å²) in [6.45, 7) is 4.60. The van der Waals surface area contributed by atoms with Gasteiger partial charge in [0.1, 0.15) is 11.7 Å². The van der Waals surface area contributed by atoms with Gasteiger partial charge in [-0.1, -0.05) is 13.0 Å². The van der Waals surface area contributed by atoms with E-state index in [1.165, 1.54) is 30.5 Å². The third kappa shape index (κ3) is 1.52. The van der Waals surface area contributed by atoms with Crippen molar-refractivity contribution in [2.24, 2.45) is 17.3 Å². The minimum atomic E-state index is -0.759. The molecule has 5 fully saturated rings. The van der Waals surface area contributed by atoms with Crippen LogP contribution in [0.2, 0.25) is 0 Å². The Balaban J connectivity index is 1.50. The summed E-state index contributed by atoms with van der Waals surface area (Å²) in [7, 11) is 0. The van der Waals surface area contributed by atoms with Crippen molar-refractivity contribution in [3.05, 3.63) is 23.3 Å². The summed E-state index contributed by atoms with van der Waals surface area (Å²) in [5.74, 6) is 2.13. The largest absolute Gasteiger partial charge is 0.504 e. The fraction of sp³-hybridized carbons (Fsp3) is 0.739. The van der Waals surface area contributed by atoms with Gasteiger partial charge in [0.05, 0.1) is 0 Å².